The highest BCUT2D eigenvalue weighted by Gasteiger charge is 2.20. The number of hydrogen-bond donors (Lipinski definition) is 1. The fourth-order valence-electron chi connectivity index (χ4n) is 2.10. The van der Waals surface area contributed by atoms with Crippen LogP contribution in [0.25, 0.3) is 0 Å². The zero-order valence-corrected chi connectivity index (χ0v) is 11.4. The van der Waals surface area contributed by atoms with Gasteiger partial charge in [-0.25, -0.2) is 8.78 Å². The minimum absolute atomic E-state index is 0.132. The Morgan fingerprint density at radius 2 is 1.65 bits per heavy atom. The highest BCUT2D eigenvalue weighted by atomic mass is 19.1. The third-order valence-electron chi connectivity index (χ3n) is 3.07. The van der Waals surface area contributed by atoms with Crippen LogP contribution in [0.1, 0.15) is 24.2 Å². The van der Waals surface area contributed by atoms with Gasteiger partial charge in [-0.15, -0.1) is 0 Å². The van der Waals surface area contributed by atoms with Gasteiger partial charge in [0, 0.05) is 24.2 Å². The minimum Gasteiger partial charge on any atom is -0.484 e. The molecule has 2 nitrogen and oxygen atoms in total. The summed E-state index contributed by atoms with van der Waals surface area (Å²) >= 11 is 0. The summed E-state index contributed by atoms with van der Waals surface area (Å²) in [6, 6.07) is 10.4. The molecule has 0 spiro atoms. The predicted octanol–water partition coefficient (Wildman–Crippen LogP) is 3.74. The number of aryl methyl sites for hydroxylation is 1. The van der Waals surface area contributed by atoms with Gasteiger partial charge in [0.05, 0.1) is 0 Å². The highest BCUT2D eigenvalue weighted by Crippen LogP contribution is 2.27. The first-order valence-corrected chi connectivity index (χ1v) is 6.41. The van der Waals surface area contributed by atoms with Gasteiger partial charge in [0.15, 0.2) is 0 Å². The van der Waals surface area contributed by atoms with Crippen LogP contribution in [0.2, 0.25) is 0 Å². The van der Waals surface area contributed by atoms with Crippen molar-refractivity contribution in [3.63, 3.8) is 0 Å². The maximum Gasteiger partial charge on any atom is 0.139 e. The second-order valence-electron chi connectivity index (χ2n) is 4.86. The lowest BCUT2D eigenvalue weighted by molar-refractivity contribution is 0.178. The van der Waals surface area contributed by atoms with E-state index in [2.05, 4.69) is 0 Å². The Morgan fingerprint density at radius 1 is 1.05 bits per heavy atom. The quantitative estimate of drug-likeness (QED) is 0.924. The Labute approximate surface area is 117 Å². The van der Waals surface area contributed by atoms with Gasteiger partial charge in [0.1, 0.15) is 23.5 Å². The lowest BCUT2D eigenvalue weighted by Crippen LogP contribution is -2.29. The van der Waals surface area contributed by atoms with E-state index in [1.807, 2.05) is 31.2 Å². The maximum atomic E-state index is 13.2. The lowest BCUT2D eigenvalue weighted by Gasteiger charge is -2.24. The third-order valence-corrected chi connectivity index (χ3v) is 3.07. The van der Waals surface area contributed by atoms with Crippen molar-refractivity contribution in [1.82, 2.24) is 0 Å². The number of halogens is 2. The molecule has 0 aliphatic carbocycles. The van der Waals surface area contributed by atoms with E-state index in [0.29, 0.717) is 0 Å². The van der Waals surface area contributed by atoms with E-state index in [9.17, 15) is 8.78 Å². The minimum atomic E-state index is -0.673. The van der Waals surface area contributed by atoms with E-state index in [1.54, 1.807) is 6.92 Å². The van der Waals surface area contributed by atoms with Crippen molar-refractivity contribution < 1.29 is 13.5 Å². The van der Waals surface area contributed by atoms with Gasteiger partial charge < -0.3 is 10.5 Å². The molecule has 4 heteroatoms. The number of rotatable bonds is 4. The summed E-state index contributed by atoms with van der Waals surface area (Å²) in [5.74, 6) is -1.21. The van der Waals surface area contributed by atoms with Crippen LogP contribution in [0, 0.1) is 18.6 Å². The zero-order valence-electron chi connectivity index (χ0n) is 11.4. The molecule has 0 saturated heterocycles. The normalized spacial score (nSPS) is 13.8. The fraction of sp³-hybridized carbons (Fsp3) is 0.250. The molecule has 0 fully saturated rings. The smallest absolute Gasteiger partial charge is 0.139 e. The summed E-state index contributed by atoms with van der Waals surface area (Å²) in [5.41, 5.74) is 7.88. The van der Waals surface area contributed by atoms with Gasteiger partial charge in [-0.2, -0.15) is 0 Å². The van der Waals surface area contributed by atoms with E-state index in [-0.39, 0.29) is 11.8 Å². The van der Waals surface area contributed by atoms with Crippen LogP contribution in [-0.4, -0.2) is 6.04 Å². The third kappa shape index (κ3) is 3.33. The average molecular weight is 277 g/mol. The number of benzene rings is 2. The summed E-state index contributed by atoms with van der Waals surface area (Å²) in [4.78, 5) is 0. The van der Waals surface area contributed by atoms with Crippen molar-refractivity contribution in [2.75, 3.05) is 0 Å². The molecule has 0 aliphatic heterocycles. The molecule has 0 bridgehead atoms. The van der Waals surface area contributed by atoms with Crippen molar-refractivity contribution in [2.24, 2.45) is 5.73 Å². The second kappa shape index (κ2) is 6.01. The zero-order chi connectivity index (χ0) is 14.7. The fourth-order valence-corrected chi connectivity index (χ4v) is 2.10. The summed E-state index contributed by atoms with van der Waals surface area (Å²) in [6.45, 7) is 3.74. The van der Waals surface area contributed by atoms with Crippen LogP contribution in [0.4, 0.5) is 8.78 Å². The first-order chi connectivity index (χ1) is 9.47. The van der Waals surface area contributed by atoms with Gasteiger partial charge in [0.25, 0.3) is 0 Å². The summed E-state index contributed by atoms with van der Waals surface area (Å²) in [6.07, 6.45) is -0.461. The second-order valence-corrected chi connectivity index (χ2v) is 4.86. The molecule has 0 radical (unpaired) electrons. The first-order valence-electron chi connectivity index (χ1n) is 6.41. The van der Waals surface area contributed by atoms with Crippen molar-refractivity contribution in [3.05, 3.63) is 65.2 Å². The number of nitrogens with two attached hydrogens (primary N) is 1. The van der Waals surface area contributed by atoms with Gasteiger partial charge >= 0.3 is 0 Å². The van der Waals surface area contributed by atoms with Gasteiger partial charge in [0.2, 0.25) is 0 Å². The summed E-state index contributed by atoms with van der Waals surface area (Å²) in [7, 11) is 0. The Balaban J connectivity index is 2.33. The molecule has 0 amide bonds. The average Bonchev–Trinajstić information content (AvgIpc) is 2.35. The molecule has 2 aromatic carbocycles. The molecular formula is C16H17F2NO. The van der Waals surface area contributed by atoms with Crippen LogP contribution in [0.5, 0.6) is 5.75 Å². The van der Waals surface area contributed by atoms with E-state index in [1.165, 1.54) is 0 Å². The van der Waals surface area contributed by atoms with Crippen molar-refractivity contribution >= 4 is 0 Å². The molecule has 0 heterocycles. The lowest BCUT2D eigenvalue weighted by atomic mass is 9.99. The monoisotopic (exact) mass is 277 g/mol. The maximum absolute atomic E-state index is 13.2. The van der Waals surface area contributed by atoms with Crippen LogP contribution < -0.4 is 10.5 Å². The van der Waals surface area contributed by atoms with Crippen LogP contribution in [-0.2, 0) is 0 Å². The van der Waals surface area contributed by atoms with Gasteiger partial charge in [-0.05, 0) is 25.0 Å². The van der Waals surface area contributed by atoms with Crippen molar-refractivity contribution in [3.8, 4) is 5.75 Å². The molecule has 106 valence electrons. The number of ether oxygens (including phenoxy) is 1. The highest BCUT2D eigenvalue weighted by molar-refractivity contribution is 5.31. The summed E-state index contributed by atoms with van der Waals surface area (Å²) in [5, 5.41) is 0. The van der Waals surface area contributed by atoms with Crippen molar-refractivity contribution in [2.45, 2.75) is 26.0 Å². The first kappa shape index (κ1) is 14.5. The van der Waals surface area contributed by atoms with Crippen LogP contribution in [0.3, 0.4) is 0 Å². The Morgan fingerprint density at radius 3 is 2.20 bits per heavy atom. The molecule has 2 rings (SSSR count). The van der Waals surface area contributed by atoms with E-state index in [4.69, 9.17) is 10.5 Å². The van der Waals surface area contributed by atoms with Crippen LogP contribution in [0.15, 0.2) is 42.5 Å². The van der Waals surface area contributed by atoms with E-state index < -0.39 is 17.7 Å². The van der Waals surface area contributed by atoms with Crippen molar-refractivity contribution in [1.29, 1.82) is 0 Å². The Bertz CT molecular complexity index is 579. The van der Waals surface area contributed by atoms with E-state index in [0.717, 1.165) is 29.3 Å². The SMILES string of the molecule is Cc1ccccc1C(Oc1cc(F)cc(F)c1)C(C)N. The molecule has 2 unspecified atom stereocenters. The Kier molecular flexibility index (Phi) is 4.35. The van der Waals surface area contributed by atoms with Crippen LogP contribution >= 0.6 is 0 Å². The Hall–Kier alpha value is -1.94. The summed E-state index contributed by atoms with van der Waals surface area (Å²) < 4.78 is 32.1. The molecular weight excluding hydrogens is 260 g/mol. The molecule has 0 aliphatic rings. The topological polar surface area (TPSA) is 35.2 Å². The van der Waals surface area contributed by atoms with E-state index >= 15 is 0 Å². The molecule has 2 aromatic rings. The standard InChI is InChI=1S/C16H17F2NO/c1-10-5-3-4-6-15(10)16(11(2)19)20-14-8-12(17)7-13(18)9-14/h3-9,11,16H,19H2,1-2H3. The largest absolute Gasteiger partial charge is 0.484 e. The number of hydrogen-bond acceptors (Lipinski definition) is 2. The molecule has 0 aromatic heterocycles. The molecule has 2 N–H and O–H groups in total. The molecule has 0 saturated carbocycles. The molecule has 20 heavy (non-hydrogen) atoms. The predicted molar refractivity (Wildman–Crippen MR) is 74.6 cm³/mol. The molecule has 2 atom stereocenters. The van der Waals surface area contributed by atoms with Gasteiger partial charge in [-0.3, -0.25) is 0 Å². The van der Waals surface area contributed by atoms with Gasteiger partial charge in [-0.1, -0.05) is 24.3 Å².